The molecule has 2 atom stereocenters. The third-order valence-corrected chi connectivity index (χ3v) is 6.07. The highest BCUT2D eigenvalue weighted by molar-refractivity contribution is 6.31. The molecule has 30 heavy (non-hydrogen) atoms. The Labute approximate surface area is 184 Å². The van der Waals surface area contributed by atoms with E-state index >= 15 is 0 Å². The molecular formula is C22H34ClFN4O2. The van der Waals surface area contributed by atoms with E-state index in [2.05, 4.69) is 20.5 Å². The maximum absolute atomic E-state index is 14.6. The average Bonchev–Trinajstić information content (AvgIpc) is 3.45. The molecule has 0 bridgehead atoms. The third kappa shape index (κ3) is 6.80. The van der Waals surface area contributed by atoms with Gasteiger partial charge in [-0.15, -0.1) is 0 Å². The molecule has 168 valence electrons. The van der Waals surface area contributed by atoms with Crippen LogP contribution in [0.15, 0.2) is 23.2 Å². The molecule has 0 aliphatic carbocycles. The van der Waals surface area contributed by atoms with Crippen LogP contribution in [0.1, 0.15) is 37.3 Å². The molecule has 0 aromatic heterocycles. The van der Waals surface area contributed by atoms with Crippen molar-refractivity contribution in [3.63, 3.8) is 0 Å². The molecule has 1 aromatic carbocycles. The van der Waals surface area contributed by atoms with Gasteiger partial charge in [-0.1, -0.05) is 17.7 Å². The van der Waals surface area contributed by atoms with Crippen LogP contribution in [0.4, 0.5) is 4.39 Å². The van der Waals surface area contributed by atoms with E-state index in [0.717, 1.165) is 65.1 Å². The molecule has 2 saturated heterocycles. The highest BCUT2D eigenvalue weighted by atomic mass is 35.5. The quantitative estimate of drug-likeness (QED) is 0.332. The third-order valence-electron chi connectivity index (χ3n) is 5.74. The summed E-state index contributed by atoms with van der Waals surface area (Å²) in [4.78, 5) is 6.59. The summed E-state index contributed by atoms with van der Waals surface area (Å²) in [6, 6.07) is 4.76. The van der Waals surface area contributed by atoms with Gasteiger partial charge in [0.25, 0.3) is 0 Å². The van der Waals surface area contributed by atoms with E-state index in [-0.39, 0.29) is 11.9 Å². The zero-order chi connectivity index (χ0) is 21.2. The Morgan fingerprint density at radius 1 is 1.37 bits per heavy atom. The predicted octanol–water partition coefficient (Wildman–Crippen LogP) is 3.22. The molecule has 2 aliphatic heterocycles. The van der Waals surface area contributed by atoms with Gasteiger partial charge in [-0.05, 0) is 50.9 Å². The number of likely N-dealkylation sites (tertiary alicyclic amines) is 1. The lowest BCUT2D eigenvalue weighted by molar-refractivity contribution is 0.0888. The Morgan fingerprint density at radius 2 is 2.20 bits per heavy atom. The van der Waals surface area contributed by atoms with Crippen LogP contribution in [-0.2, 0) is 9.47 Å². The van der Waals surface area contributed by atoms with Crippen LogP contribution in [-0.4, -0.2) is 70.5 Å². The second-order valence-corrected chi connectivity index (χ2v) is 8.34. The van der Waals surface area contributed by atoms with E-state index in [1.807, 2.05) is 0 Å². The van der Waals surface area contributed by atoms with Gasteiger partial charge < -0.3 is 20.1 Å². The van der Waals surface area contributed by atoms with Gasteiger partial charge in [0.15, 0.2) is 5.96 Å². The van der Waals surface area contributed by atoms with Gasteiger partial charge in [-0.2, -0.15) is 0 Å². The largest absolute Gasteiger partial charge is 0.381 e. The summed E-state index contributed by atoms with van der Waals surface area (Å²) in [5.74, 6) is 0.991. The van der Waals surface area contributed by atoms with Crippen molar-refractivity contribution in [1.82, 2.24) is 15.5 Å². The van der Waals surface area contributed by atoms with E-state index in [9.17, 15) is 4.39 Å². The molecule has 2 N–H and O–H groups in total. The van der Waals surface area contributed by atoms with Gasteiger partial charge in [-0.3, -0.25) is 9.89 Å². The van der Waals surface area contributed by atoms with E-state index in [0.29, 0.717) is 35.6 Å². The first-order valence-electron chi connectivity index (χ1n) is 11.0. The first kappa shape index (κ1) is 23.3. The van der Waals surface area contributed by atoms with Gasteiger partial charge in [0.2, 0.25) is 0 Å². The number of nitrogens with one attached hydrogen (secondary N) is 2. The minimum Gasteiger partial charge on any atom is -0.381 e. The van der Waals surface area contributed by atoms with Crippen LogP contribution in [0.25, 0.3) is 0 Å². The Kier molecular flexibility index (Phi) is 9.65. The number of guanidine groups is 1. The highest BCUT2D eigenvalue weighted by Crippen LogP contribution is 2.31. The van der Waals surface area contributed by atoms with Crippen LogP contribution >= 0.6 is 11.6 Å². The van der Waals surface area contributed by atoms with Crippen molar-refractivity contribution >= 4 is 17.6 Å². The van der Waals surface area contributed by atoms with Crippen molar-refractivity contribution in [2.24, 2.45) is 10.9 Å². The number of halogens is 2. The Morgan fingerprint density at radius 3 is 2.90 bits per heavy atom. The standard InChI is InChI=1S/C22H34ClFN4O2/c1-25-22(26-9-5-12-29-15-17-8-13-30-16-17)27-14-20(28-10-2-3-11-28)21-18(23)6-4-7-19(21)24/h4,6-7,17,20H,2-3,5,8-16H2,1H3,(H2,25,26,27). The lowest BCUT2D eigenvalue weighted by atomic mass is 10.0. The van der Waals surface area contributed by atoms with Gasteiger partial charge >= 0.3 is 0 Å². The maximum atomic E-state index is 14.6. The molecule has 1 aromatic rings. The average molecular weight is 441 g/mol. The predicted molar refractivity (Wildman–Crippen MR) is 119 cm³/mol. The van der Waals surface area contributed by atoms with Gasteiger partial charge in [-0.25, -0.2) is 4.39 Å². The molecule has 0 spiro atoms. The Bertz CT molecular complexity index is 659. The van der Waals surface area contributed by atoms with Crippen molar-refractivity contribution < 1.29 is 13.9 Å². The minimum atomic E-state index is -0.256. The molecule has 2 unspecified atom stereocenters. The normalized spacial score (nSPS) is 21.2. The summed E-state index contributed by atoms with van der Waals surface area (Å²) in [5.41, 5.74) is 0.563. The van der Waals surface area contributed by atoms with E-state index < -0.39 is 0 Å². The van der Waals surface area contributed by atoms with Gasteiger partial charge in [0.1, 0.15) is 5.82 Å². The maximum Gasteiger partial charge on any atom is 0.191 e. The second kappa shape index (κ2) is 12.4. The lowest BCUT2D eigenvalue weighted by Gasteiger charge is -2.29. The number of aliphatic imine (C=N–C) groups is 1. The molecular weight excluding hydrogens is 407 g/mol. The molecule has 0 saturated carbocycles. The monoisotopic (exact) mass is 440 g/mol. The fourth-order valence-electron chi connectivity index (χ4n) is 4.06. The number of benzene rings is 1. The molecule has 0 amide bonds. The molecule has 3 rings (SSSR count). The van der Waals surface area contributed by atoms with Crippen LogP contribution in [0.2, 0.25) is 5.02 Å². The van der Waals surface area contributed by atoms with Crippen LogP contribution in [0, 0.1) is 11.7 Å². The number of hydrogen-bond donors (Lipinski definition) is 2. The fourth-order valence-corrected chi connectivity index (χ4v) is 4.34. The zero-order valence-electron chi connectivity index (χ0n) is 17.8. The van der Waals surface area contributed by atoms with Crippen molar-refractivity contribution in [2.45, 2.75) is 31.7 Å². The zero-order valence-corrected chi connectivity index (χ0v) is 18.6. The van der Waals surface area contributed by atoms with E-state index in [4.69, 9.17) is 21.1 Å². The summed E-state index contributed by atoms with van der Waals surface area (Å²) >= 11 is 6.37. The van der Waals surface area contributed by atoms with E-state index in [1.54, 1.807) is 19.2 Å². The Hall–Kier alpha value is -1.41. The summed E-state index contributed by atoms with van der Waals surface area (Å²) in [6.07, 6.45) is 4.24. The number of ether oxygens (including phenoxy) is 2. The molecule has 0 radical (unpaired) electrons. The number of hydrogen-bond acceptors (Lipinski definition) is 4. The molecule has 6 nitrogen and oxygen atoms in total. The Balaban J connectivity index is 1.45. The molecule has 2 aliphatic rings. The lowest BCUT2D eigenvalue weighted by Crippen LogP contribution is -2.43. The topological polar surface area (TPSA) is 58.1 Å². The van der Waals surface area contributed by atoms with Crippen LogP contribution in [0.3, 0.4) is 0 Å². The van der Waals surface area contributed by atoms with Crippen LogP contribution < -0.4 is 10.6 Å². The van der Waals surface area contributed by atoms with Crippen molar-refractivity contribution in [1.29, 1.82) is 0 Å². The van der Waals surface area contributed by atoms with Crippen molar-refractivity contribution in [3.05, 3.63) is 34.6 Å². The summed E-state index contributed by atoms with van der Waals surface area (Å²) < 4.78 is 25.7. The van der Waals surface area contributed by atoms with Crippen molar-refractivity contribution in [3.8, 4) is 0 Å². The number of rotatable bonds is 10. The minimum absolute atomic E-state index is 0.128. The molecule has 8 heteroatoms. The number of nitrogens with zero attached hydrogens (tertiary/aromatic N) is 2. The summed E-state index contributed by atoms with van der Waals surface area (Å²) in [5, 5.41) is 7.14. The van der Waals surface area contributed by atoms with Gasteiger partial charge in [0.05, 0.1) is 19.3 Å². The smallest absolute Gasteiger partial charge is 0.191 e. The van der Waals surface area contributed by atoms with Crippen molar-refractivity contribution in [2.75, 3.05) is 59.7 Å². The second-order valence-electron chi connectivity index (χ2n) is 7.93. The SMILES string of the molecule is CN=C(NCCCOCC1CCOC1)NCC(c1c(F)cccc1Cl)N1CCCC1. The summed E-state index contributed by atoms with van der Waals surface area (Å²) in [6.45, 7) is 6.36. The highest BCUT2D eigenvalue weighted by Gasteiger charge is 2.27. The van der Waals surface area contributed by atoms with Crippen LogP contribution in [0.5, 0.6) is 0 Å². The first-order chi connectivity index (χ1) is 14.7. The first-order valence-corrected chi connectivity index (χ1v) is 11.3. The summed E-state index contributed by atoms with van der Waals surface area (Å²) in [7, 11) is 1.74. The van der Waals surface area contributed by atoms with Gasteiger partial charge in [0, 0.05) is 49.9 Å². The van der Waals surface area contributed by atoms with E-state index in [1.165, 1.54) is 6.07 Å². The molecule has 2 fully saturated rings. The fraction of sp³-hybridized carbons (Fsp3) is 0.682. The molecule has 2 heterocycles.